The van der Waals surface area contributed by atoms with Gasteiger partial charge in [-0.1, -0.05) is 43.3 Å². The molecule has 2 N–H and O–H groups in total. The van der Waals surface area contributed by atoms with Gasteiger partial charge in [0, 0.05) is 5.56 Å². The lowest BCUT2D eigenvalue weighted by molar-refractivity contribution is 0.215. The highest BCUT2D eigenvalue weighted by Gasteiger charge is 2.14. The fourth-order valence-electron chi connectivity index (χ4n) is 1.86. The van der Waals surface area contributed by atoms with Crippen molar-refractivity contribution in [3.05, 3.63) is 65.2 Å². The summed E-state index contributed by atoms with van der Waals surface area (Å²) in [5.74, 6) is 0.138. The van der Waals surface area contributed by atoms with Crippen LogP contribution < -0.4 is 0 Å². The van der Waals surface area contributed by atoms with E-state index in [0.717, 1.165) is 17.5 Å². The molecule has 2 nitrogen and oxygen atoms in total. The van der Waals surface area contributed by atoms with Crippen molar-refractivity contribution >= 4 is 0 Å². The number of rotatable bonds is 3. The second kappa shape index (κ2) is 5.02. The molecule has 0 unspecified atom stereocenters. The molecule has 17 heavy (non-hydrogen) atoms. The molecule has 0 radical (unpaired) electrons. The van der Waals surface area contributed by atoms with Crippen LogP contribution in [0.2, 0.25) is 0 Å². The van der Waals surface area contributed by atoms with E-state index >= 15 is 0 Å². The van der Waals surface area contributed by atoms with E-state index in [4.69, 9.17) is 0 Å². The Morgan fingerprint density at radius 2 is 1.76 bits per heavy atom. The molecule has 0 fully saturated rings. The number of hydrogen-bond acceptors (Lipinski definition) is 2. The highest BCUT2D eigenvalue weighted by molar-refractivity contribution is 5.41. The van der Waals surface area contributed by atoms with Crippen LogP contribution in [0.4, 0.5) is 0 Å². The van der Waals surface area contributed by atoms with Crippen molar-refractivity contribution in [1.29, 1.82) is 0 Å². The topological polar surface area (TPSA) is 40.5 Å². The summed E-state index contributed by atoms with van der Waals surface area (Å²) >= 11 is 0. The Bertz CT molecular complexity index is 492. The molecule has 0 aliphatic heterocycles. The monoisotopic (exact) mass is 228 g/mol. The minimum absolute atomic E-state index is 0.138. The van der Waals surface area contributed by atoms with E-state index in [1.165, 1.54) is 0 Å². The third-order valence-corrected chi connectivity index (χ3v) is 2.91. The van der Waals surface area contributed by atoms with E-state index in [1.54, 1.807) is 6.07 Å². The number of aliphatic hydroxyl groups is 1. The number of aromatic hydroxyl groups is 1. The summed E-state index contributed by atoms with van der Waals surface area (Å²) in [5, 5.41) is 20.0. The molecule has 0 aliphatic carbocycles. The summed E-state index contributed by atoms with van der Waals surface area (Å²) in [4.78, 5) is 0. The van der Waals surface area contributed by atoms with Crippen molar-refractivity contribution in [3.63, 3.8) is 0 Å². The average molecular weight is 228 g/mol. The minimum Gasteiger partial charge on any atom is -0.508 e. The fourth-order valence-corrected chi connectivity index (χ4v) is 1.86. The zero-order chi connectivity index (χ0) is 12.3. The highest BCUT2D eigenvalue weighted by Crippen LogP contribution is 2.30. The molecule has 0 aliphatic rings. The van der Waals surface area contributed by atoms with E-state index in [2.05, 4.69) is 0 Å². The number of phenols is 1. The summed E-state index contributed by atoms with van der Waals surface area (Å²) in [5.41, 5.74) is 2.46. The van der Waals surface area contributed by atoms with Crippen LogP contribution in [-0.2, 0) is 6.42 Å². The van der Waals surface area contributed by atoms with Crippen LogP contribution in [0.3, 0.4) is 0 Å². The molecular weight excluding hydrogens is 212 g/mol. The Labute approximate surface area is 101 Å². The van der Waals surface area contributed by atoms with Gasteiger partial charge >= 0.3 is 0 Å². The Morgan fingerprint density at radius 1 is 1.06 bits per heavy atom. The standard InChI is InChI=1S/C15H16O2/c1-2-11-8-9-14(16)13(10-11)15(17)12-6-4-3-5-7-12/h3-10,15-17H,2H2,1H3/t15-/m0/s1. The predicted octanol–water partition coefficient (Wildman–Crippen LogP) is 3.04. The zero-order valence-electron chi connectivity index (χ0n) is 9.80. The zero-order valence-corrected chi connectivity index (χ0v) is 9.80. The van der Waals surface area contributed by atoms with E-state index in [9.17, 15) is 10.2 Å². The molecule has 1 atom stereocenters. The molecule has 0 saturated carbocycles. The largest absolute Gasteiger partial charge is 0.508 e. The van der Waals surface area contributed by atoms with Gasteiger partial charge in [0.25, 0.3) is 0 Å². The smallest absolute Gasteiger partial charge is 0.121 e. The van der Waals surface area contributed by atoms with Crippen LogP contribution >= 0.6 is 0 Å². The molecule has 2 aromatic carbocycles. The first-order valence-corrected chi connectivity index (χ1v) is 5.77. The molecule has 2 rings (SSSR count). The number of benzene rings is 2. The predicted molar refractivity (Wildman–Crippen MR) is 68.0 cm³/mol. The number of aliphatic hydroxyl groups excluding tert-OH is 1. The molecule has 0 aromatic heterocycles. The van der Waals surface area contributed by atoms with Crippen LogP contribution in [0, 0.1) is 0 Å². The Kier molecular flexibility index (Phi) is 3.45. The van der Waals surface area contributed by atoms with Gasteiger partial charge in [-0.25, -0.2) is 0 Å². The van der Waals surface area contributed by atoms with Crippen molar-refractivity contribution in [2.45, 2.75) is 19.4 Å². The van der Waals surface area contributed by atoms with E-state index in [0.29, 0.717) is 5.56 Å². The average Bonchev–Trinajstić information content (AvgIpc) is 2.39. The molecule has 2 aromatic rings. The maximum atomic E-state index is 10.2. The highest BCUT2D eigenvalue weighted by atomic mass is 16.3. The molecule has 88 valence electrons. The number of phenolic OH excluding ortho intramolecular Hbond substituents is 1. The van der Waals surface area contributed by atoms with Crippen molar-refractivity contribution < 1.29 is 10.2 Å². The quantitative estimate of drug-likeness (QED) is 0.847. The summed E-state index contributed by atoms with van der Waals surface area (Å²) < 4.78 is 0. The summed E-state index contributed by atoms with van der Waals surface area (Å²) in [6.45, 7) is 2.05. The van der Waals surface area contributed by atoms with Gasteiger partial charge in [0.05, 0.1) is 0 Å². The molecular formula is C15H16O2. The molecule has 0 amide bonds. The maximum Gasteiger partial charge on any atom is 0.121 e. The van der Waals surface area contributed by atoms with Crippen LogP contribution in [0.25, 0.3) is 0 Å². The first-order valence-electron chi connectivity index (χ1n) is 5.77. The van der Waals surface area contributed by atoms with E-state index < -0.39 is 6.10 Å². The van der Waals surface area contributed by atoms with Crippen LogP contribution in [0.5, 0.6) is 5.75 Å². The van der Waals surface area contributed by atoms with Gasteiger partial charge in [-0.15, -0.1) is 0 Å². The lowest BCUT2D eigenvalue weighted by Crippen LogP contribution is -2.00. The van der Waals surface area contributed by atoms with E-state index in [-0.39, 0.29) is 5.75 Å². The minimum atomic E-state index is -0.775. The fraction of sp³-hybridized carbons (Fsp3) is 0.200. The first kappa shape index (κ1) is 11.7. The molecule has 2 heteroatoms. The van der Waals surface area contributed by atoms with Gasteiger partial charge in [-0.3, -0.25) is 0 Å². The summed E-state index contributed by atoms with van der Waals surface area (Å²) in [7, 11) is 0. The summed E-state index contributed by atoms with van der Waals surface area (Å²) in [6.07, 6.45) is 0.108. The molecule has 0 bridgehead atoms. The van der Waals surface area contributed by atoms with Gasteiger partial charge in [-0.2, -0.15) is 0 Å². The lowest BCUT2D eigenvalue weighted by Gasteiger charge is -2.14. The summed E-state index contributed by atoms with van der Waals surface area (Å²) in [6, 6.07) is 14.7. The van der Waals surface area contributed by atoms with Gasteiger partial charge in [0.2, 0.25) is 0 Å². The van der Waals surface area contributed by atoms with Gasteiger partial charge in [0.1, 0.15) is 11.9 Å². The van der Waals surface area contributed by atoms with Gasteiger partial charge in [-0.05, 0) is 29.7 Å². The Morgan fingerprint density at radius 3 is 2.41 bits per heavy atom. The van der Waals surface area contributed by atoms with Crippen molar-refractivity contribution in [2.24, 2.45) is 0 Å². The third kappa shape index (κ3) is 2.48. The van der Waals surface area contributed by atoms with Crippen molar-refractivity contribution in [1.82, 2.24) is 0 Å². The second-order valence-corrected chi connectivity index (χ2v) is 4.06. The van der Waals surface area contributed by atoms with Gasteiger partial charge in [0.15, 0.2) is 0 Å². The molecule has 0 heterocycles. The number of aryl methyl sites for hydroxylation is 1. The molecule has 0 spiro atoms. The van der Waals surface area contributed by atoms with Crippen LogP contribution in [0.15, 0.2) is 48.5 Å². The maximum absolute atomic E-state index is 10.2. The third-order valence-electron chi connectivity index (χ3n) is 2.91. The lowest BCUT2D eigenvalue weighted by atomic mass is 9.98. The van der Waals surface area contributed by atoms with E-state index in [1.807, 2.05) is 49.4 Å². The van der Waals surface area contributed by atoms with Crippen LogP contribution in [0.1, 0.15) is 29.7 Å². The molecule has 0 saturated heterocycles. The normalized spacial score (nSPS) is 12.4. The SMILES string of the molecule is CCc1ccc(O)c([C@@H](O)c2ccccc2)c1. The van der Waals surface area contributed by atoms with Crippen molar-refractivity contribution in [2.75, 3.05) is 0 Å². The Balaban J connectivity index is 2.40. The van der Waals surface area contributed by atoms with Crippen LogP contribution in [-0.4, -0.2) is 10.2 Å². The Hall–Kier alpha value is -1.80. The van der Waals surface area contributed by atoms with Crippen molar-refractivity contribution in [3.8, 4) is 5.75 Å². The first-order chi connectivity index (χ1) is 8.22. The number of hydrogen-bond donors (Lipinski definition) is 2. The van der Waals surface area contributed by atoms with Gasteiger partial charge < -0.3 is 10.2 Å². The second-order valence-electron chi connectivity index (χ2n) is 4.06.